The van der Waals surface area contributed by atoms with E-state index in [4.69, 9.17) is 4.74 Å². The number of nitrogens with one attached hydrogen (secondary N) is 2. The molecule has 1 amide bonds. The van der Waals surface area contributed by atoms with Gasteiger partial charge < -0.3 is 20.3 Å². The smallest absolute Gasteiger partial charge is 0.234 e. The number of methoxy groups -OCH3 is 1. The molecule has 1 aromatic carbocycles. The summed E-state index contributed by atoms with van der Waals surface area (Å²) in [5.41, 5.74) is 2.54. The molecular weight excluding hydrogens is 349 g/mol. The Labute approximate surface area is 158 Å². The summed E-state index contributed by atoms with van der Waals surface area (Å²) in [5, 5.41) is 6.03. The van der Waals surface area contributed by atoms with Gasteiger partial charge in [0.25, 0.3) is 0 Å². The summed E-state index contributed by atoms with van der Waals surface area (Å²) in [5.74, 6) is 0.00753. The lowest BCUT2D eigenvalue weighted by molar-refractivity contribution is -0.120. The van der Waals surface area contributed by atoms with Crippen LogP contribution < -0.4 is 10.6 Å². The molecule has 1 unspecified atom stereocenters. The van der Waals surface area contributed by atoms with Crippen LogP contribution in [0.5, 0.6) is 0 Å². The average molecular weight is 380 g/mol. The Morgan fingerprint density at radius 2 is 1.83 bits per heavy atom. The van der Waals surface area contributed by atoms with Gasteiger partial charge in [0.05, 0.1) is 19.2 Å². The highest BCUT2D eigenvalue weighted by molar-refractivity contribution is 5.85. The molecule has 5 nitrogen and oxygen atoms in total. The topological polar surface area (TPSA) is 53.6 Å². The predicted molar refractivity (Wildman–Crippen MR) is 104 cm³/mol. The van der Waals surface area contributed by atoms with Crippen LogP contribution in [0.1, 0.15) is 24.1 Å². The lowest BCUT2D eigenvalue weighted by Crippen LogP contribution is -2.39. The van der Waals surface area contributed by atoms with Crippen molar-refractivity contribution in [1.29, 1.82) is 0 Å². The van der Waals surface area contributed by atoms with Gasteiger partial charge in [0.2, 0.25) is 5.91 Å². The molecule has 1 atom stereocenters. The van der Waals surface area contributed by atoms with Crippen LogP contribution in [0.15, 0.2) is 24.3 Å². The molecule has 0 aliphatic rings. The molecule has 0 radical (unpaired) electrons. The van der Waals surface area contributed by atoms with Crippen molar-refractivity contribution in [2.45, 2.75) is 19.4 Å². The summed E-state index contributed by atoms with van der Waals surface area (Å²) >= 11 is 0. The minimum absolute atomic E-state index is 0. The van der Waals surface area contributed by atoms with E-state index in [0.29, 0.717) is 26.2 Å². The Morgan fingerprint density at radius 1 is 1.21 bits per heavy atom. The third-order valence-electron chi connectivity index (χ3n) is 3.66. The standard InChI is InChI=1S/C17H29N3O2.2ClH/c1-5-14-6-8-15(9-7-14)16(20(2)3)12-19-17(21)13-18-10-11-22-4;;/h6-9,16,18H,5,10-13H2,1-4H3,(H,19,21);2*1H. The maximum Gasteiger partial charge on any atom is 0.234 e. The highest BCUT2D eigenvalue weighted by atomic mass is 35.5. The lowest BCUT2D eigenvalue weighted by Gasteiger charge is -2.25. The molecule has 0 saturated heterocycles. The molecule has 1 aromatic rings. The normalized spacial score (nSPS) is 11.4. The number of nitrogens with zero attached hydrogens (tertiary/aromatic N) is 1. The van der Waals surface area contributed by atoms with Gasteiger partial charge in [0, 0.05) is 20.2 Å². The number of hydrogen-bond donors (Lipinski definition) is 2. The summed E-state index contributed by atoms with van der Waals surface area (Å²) in [7, 11) is 5.70. The molecule has 24 heavy (non-hydrogen) atoms. The second-order valence-corrected chi connectivity index (χ2v) is 5.55. The number of carbonyl (C=O) groups excluding carboxylic acids is 1. The minimum atomic E-state index is 0. The van der Waals surface area contributed by atoms with E-state index in [0.717, 1.165) is 6.42 Å². The Morgan fingerprint density at radius 3 is 2.33 bits per heavy atom. The second-order valence-electron chi connectivity index (χ2n) is 5.55. The van der Waals surface area contributed by atoms with Gasteiger partial charge >= 0.3 is 0 Å². The van der Waals surface area contributed by atoms with E-state index in [-0.39, 0.29) is 36.8 Å². The number of rotatable bonds is 10. The van der Waals surface area contributed by atoms with E-state index in [9.17, 15) is 4.79 Å². The first-order valence-electron chi connectivity index (χ1n) is 7.80. The van der Waals surface area contributed by atoms with Crippen LogP contribution in [-0.4, -0.2) is 58.3 Å². The van der Waals surface area contributed by atoms with E-state index in [1.807, 2.05) is 14.1 Å². The molecule has 0 aliphatic heterocycles. The number of likely N-dealkylation sites (N-methyl/N-ethyl adjacent to an activating group) is 1. The van der Waals surface area contributed by atoms with Crippen LogP contribution in [0.4, 0.5) is 0 Å². The number of carbonyl (C=O) groups is 1. The van der Waals surface area contributed by atoms with Crippen molar-refractivity contribution in [3.63, 3.8) is 0 Å². The Hall–Kier alpha value is -0.850. The number of ether oxygens (including phenoxy) is 1. The van der Waals surface area contributed by atoms with Gasteiger partial charge in [0.15, 0.2) is 0 Å². The Bertz CT molecular complexity index is 442. The van der Waals surface area contributed by atoms with Gasteiger partial charge in [-0.2, -0.15) is 0 Å². The molecule has 0 aromatic heterocycles. The highest BCUT2D eigenvalue weighted by Crippen LogP contribution is 2.18. The molecule has 0 saturated carbocycles. The number of amides is 1. The minimum Gasteiger partial charge on any atom is -0.383 e. The van der Waals surface area contributed by atoms with E-state index < -0.39 is 0 Å². The maximum absolute atomic E-state index is 11.8. The van der Waals surface area contributed by atoms with Crippen molar-refractivity contribution in [1.82, 2.24) is 15.5 Å². The number of hydrogen-bond acceptors (Lipinski definition) is 4. The van der Waals surface area contributed by atoms with Gasteiger partial charge in [0.1, 0.15) is 0 Å². The monoisotopic (exact) mass is 379 g/mol. The summed E-state index contributed by atoms with van der Waals surface area (Å²) < 4.78 is 4.93. The molecular formula is C17H31Cl2N3O2. The molecule has 2 N–H and O–H groups in total. The van der Waals surface area contributed by atoms with E-state index in [2.05, 4.69) is 46.7 Å². The third-order valence-corrected chi connectivity index (χ3v) is 3.66. The molecule has 0 spiro atoms. The summed E-state index contributed by atoms with van der Waals surface area (Å²) in [6, 6.07) is 8.77. The quantitative estimate of drug-likeness (QED) is 0.610. The van der Waals surface area contributed by atoms with Crippen LogP contribution in [-0.2, 0) is 16.0 Å². The number of halogens is 2. The second kappa shape index (κ2) is 14.5. The fourth-order valence-corrected chi connectivity index (χ4v) is 2.22. The fourth-order valence-electron chi connectivity index (χ4n) is 2.22. The zero-order chi connectivity index (χ0) is 16.4. The first kappa shape index (κ1) is 25.4. The lowest BCUT2D eigenvalue weighted by atomic mass is 10.0. The van der Waals surface area contributed by atoms with Crippen LogP contribution in [0.25, 0.3) is 0 Å². The van der Waals surface area contributed by atoms with Gasteiger partial charge in [-0.1, -0.05) is 31.2 Å². The highest BCUT2D eigenvalue weighted by Gasteiger charge is 2.15. The molecule has 0 heterocycles. The van der Waals surface area contributed by atoms with Gasteiger partial charge in [-0.05, 0) is 31.6 Å². The summed E-state index contributed by atoms with van der Waals surface area (Å²) in [6.45, 7) is 4.35. The van der Waals surface area contributed by atoms with Crippen molar-refractivity contribution in [3.8, 4) is 0 Å². The molecule has 1 rings (SSSR count). The van der Waals surface area contributed by atoms with Gasteiger partial charge in [-0.25, -0.2) is 0 Å². The zero-order valence-electron chi connectivity index (χ0n) is 15.0. The Balaban J connectivity index is 0. The molecule has 0 fully saturated rings. The zero-order valence-corrected chi connectivity index (χ0v) is 16.6. The average Bonchev–Trinajstić information content (AvgIpc) is 2.52. The Kier molecular flexibility index (Phi) is 15.3. The fraction of sp³-hybridized carbons (Fsp3) is 0.588. The van der Waals surface area contributed by atoms with Crippen LogP contribution in [0, 0.1) is 0 Å². The SMILES string of the molecule is CCc1ccc(C(CNC(=O)CNCCOC)N(C)C)cc1.Cl.Cl. The summed E-state index contributed by atoms with van der Waals surface area (Å²) in [4.78, 5) is 14.0. The predicted octanol–water partition coefficient (Wildman–Crippen LogP) is 2.05. The van der Waals surface area contributed by atoms with E-state index in [1.54, 1.807) is 7.11 Å². The van der Waals surface area contributed by atoms with Gasteiger partial charge in [-0.3, -0.25) is 4.79 Å². The largest absolute Gasteiger partial charge is 0.383 e. The first-order valence-corrected chi connectivity index (χ1v) is 7.80. The van der Waals surface area contributed by atoms with Crippen LogP contribution >= 0.6 is 24.8 Å². The van der Waals surface area contributed by atoms with Crippen LogP contribution in [0.3, 0.4) is 0 Å². The molecule has 140 valence electrons. The molecule has 0 bridgehead atoms. The van der Waals surface area contributed by atoms with Crippen molar-refractivity contribution in [3.05, 3.63) is 35.4 Å². The van der Waals surface area contributed by atoms with E-state index >= 15 is 0 Å². The number of benzene rings is 1. The van der Waals surface area contributed by atoms with Crippen molar-refractivity contribution >= 4 is 30.7 Å². The van der Waals surface area contributed by atoms with Gasteiger partial charge in [-0.15, -0.1) is 24.8 Å². The number of aryl methyl sites for hydroxylation is 1. The van der Waals surface area contributed by atoms with Crippen LogP contribution in [0.2, 0.25) is 0 Å². The van der Waals surface area contributed by atoms with Crippen molar-refractivity contribution in [2.24, 2.45) is 0 Å². The third kappa shape index (κ3) is 9.45. The molecule has 0 aliphatic carbocycles. The first-order chi connectivity index (χ1) is 10.6. The molecule has 7 heteroatoms. The van der Waals surface area contributed by atoms with Crippen molar-refractivity contribution in [2.75, 3.05) is 47.4 Å². The van der Waals surface area contributed by atoms with E-state index in [1.165, 1.54) is 11.1 Å². The van der Waals surface area contributed by atoms with Crippen molar-refractivity contribution < 1.29 is 9.53 Å². The maximum atomic E-state index is 11.8. The summed E-state index contributed by atoms with van der Waals surface area (Å²) in [6.07, 6.45) is 1.04.